The maximum Gasteiger partial charge on any atom is 0.223 e. The van der Waals surface area contributed by atoms with Crippen molar-refractivity contribution in [1.82, 2.24) is 9.80 Å². The average molecular weight is 263 g/mol. The fourth-order valence-corrected chi connectivity index (χ4v) is 3.45. The highest BCUT2D eigenvalue weighted by Crippen LogP contribution is 2.18. The van der Waals surface area contributed by atoms with Crippen LogP contribution in [0.25, 0.3) is 0 Å². The van der Waals surface area contributed by atoms with E-state index in [0.717, 1.165) is 19.6 Å². The normalized spacial score (nSPS) is 27.7. The number of nitrogens with zero attached hydrogens (tertiary/aromatic N) is 2. The molecule has 16 heavy (non-hydrogen) atoms. The lowest BCUT2D eigenvalue weighted by Gasteiger charge is -2.28. The molecule has 0 aromatic rings. The zero-order chi connectivity index (χ0) is 11.4. The molecule has 92 valence electrons. The van der Waals surface area contributed by atoms with Crippen molar-refractivity contribution < 1.29 is 4.79 Å². The van der Waals surface area contributed by atoms with Gasteiger partial charge in [0.15, 0.2) is 0 Å². The van der Waals surface area contributed by atoms with Crippen LogP contribution in [0.4, 0.5) is 0 Å². The first-order valence-corrected chi connectivity index (χ1v) is 7.62. The summed E-state index contributed by atoms with van der Waals surface area (Å²) in [5, 5.41) is 0. The minimum atomic E-state index is 0.289. The highest BCUT2D eigenvalue weighted by molar-refractivity contribution is 7.99. The van der Waals surface area contributed by atoms with Crippen LogP contribution in [0.5, 0.6) is 0 Å². The van der Waals surface area contributed by atoms with E-state index in [0.29, 0.717) is 18.2 Å². The Kier molecular flexibility index (Phi) is 4.79. The standard InChI is InChI=1S/C11H19ClN2OS/c12-8-10-7-11(15)14(9-10)2-1-13-3-5-16-6-4-13/h10H,1-9H2. The average Bonchev–Trinajstić information content (AvgIpc) is 2.69. The molecule has 0 aromatic heterocycles. The highest BCUT2D eigenvalue weighted by Gasteiger charge is 2.28. The Morgan fingerprint density at radius 1 is 1.31 bits per heavy atom. The van der Waals surface area contributed by atoms with E-state index in [4.69, 9.17) is 11.6 Å². The van der Waals surface area contributed by atoms with Gasteiger partial charge in [-0.25, -0.2) is 0 Å². The molecule has 3 nitrogen and oxygen atoms in total. The third-order valence-electron chi connectivity index (χ3n) is 3.30. The predicted molar refractivity (Wildman–Crippen MR) is 69.2 cm³/mol. The second-order valence-corrected chi connectivity index (χ2v) is 6.05. The first-order valence-electron chi connectivity index (χ1n) is 5.93. The number of likely N-dealkylation sites (tertiary alicyclic amines) is 1. The molecule has 1 unspecified atom stereocenters. The van der Waals surface area contributed by atoms with Crippen molar-refractivity contribution in [1.29, 1.82) is 0 Å². The fourth-order valence-electron chi connectivity index (χ4n) is 2.26. The van der Waals surface area contributed by atoms with E-state index in [1.165, 1.54) is 24.6 Å². The van der Waals surface area contributed by atoms with Gasteiger partial charge in [0.1, 0.15) is 0 Å². The monoisotopic (exact) mass is 262 g/mol. The van der Waals surface area contributed by atoms with Crippen LogP contribution in [-0.4, -0.2) is 65.8 Å². The van der Waals surface area contributed by atoms with E-state index in [-0.39, 0.29) is 5.91 Å². The molecular formula is C11H19ClN2OS. The molecule has 0 radical (unpaired) electrons. The predicted octanol–water partition coefficient (Wildman–Crippen LogP) is 1.12. The van der Waals surface area contributed by atoms with E-state index < -0.39 is 0 Å². The first-order chi connectivity index (χ1) is 7.79. The maximum atomic E-state index is 11.7. The van der Waals surface area contributed by atoms with Gasteiger partial charge in [-0.3, -0.25) is 9.69 Å². The van der Waals surface area contributed by atoms with E-state index in [1.807, 2.05) is 16.7 Å². The van der Waals surface area contributed by atoms with Crippen LogP contribution in [0.3, 0.4) is 0 Å². The summed E-state index contributed by atoms with van der Waals surface area (Å²) in [5.74, 6) is 3.75. The lowest BCUT2D eigenvalue weighted by molar-refractivity contribution is -0.127. The van der Waals surface area contributed by atoms with Crippen LogP contribution in [0.2, 0.25) is 0 Å². The van der Waals surface area contributed by atoms with Crippen LogP contribution in [0, 0.1) is 5.92 Å². The Morgan fingerprint density at radius 3 is 2.69 bits per heavy atom. The van der Waals surface area contributed by atoms with Crippen molar-refractivity contribution in [2.24, 2.45) is 5.92 Å². The van der Waals surface area contributed by atoms with Gasteiger partial charge in [-0.05, 0) is 5.92 Å². The van der Waals surface area contributed by atoms with Gasteiger partial charge in [0.05, 0.1) is 0 Å². The number of hydrogen-bond acceptors (Lipinski definition) is 3. The summed E-state index contributed by atoms with van der Waals surface area (Å²) in [4.78, 5) is 16.1. The summed E-state index contributed by atoms with van der Waals surface area (Å²) in [6, 6.07) is 0. The quantitative estimate of drug-likeness (QED) is 0.710. The van der Waals surface area contributed by atoms with Gasteiger partial charge in [0.25, 0.3) is 0 Å². The number of thioether (sulfide) groups is 1. The van der Waals surface area contributed by atoms with E-state index in [9.17, 15) is 4.79 Å². The molecule has 0 bridgehead atoms. The molecule has 0 aromatic carbocycles. The third kappa shape index (κ3) is 3.28. The van der Waals surface area contributed by atoms with Crippen LogP contribution < -0.4 is 0 Å². The minimum absolute atomic E-state index is 0.289. The molecule has 0 N–H and O–H groups in total. The second kappa shape index (κ2) is 6.12. The van der Waals surface area contributed by atoms with E-state index in [1.54, 1.807) is 0 Å². The summed E-state index contributed by atoms with van der Waals surface area (Å²) in [6.45, 7) is 5.13. The summed E-state index contributed by atoms with van der Waals surface area (Å²) < 4.78 is 0. The van der Waals surface area contributed by atoms with Gasteiger partial charge < -0.3 is 4.90 Å². The van der Waals surface area contributed by atoms with Crippen molar-refractivity contribution in [2.75, 3.05) is 50.1 Å². The zero-order valence-electron chi connectivity index (χ0n) is 9.53. The number of carbonyl (C=O) groups excluding carboxylic acids is 1. The van der Waals surface area contributed by atoms with Gasteiger partial charge in [-0.15, -0.1) is 11.6 Å². The molecule has 0 aliphatic carbocycles. The smallest absolute Gasteiger partial charge is 0.223 e. The molecule has 2 saturated heterocycles. The molecule has 2 aliphatic heterocycles. The molecule has 5 heteroatoms. The number of carbonyl (C=O) groups is 1. The SMILES string of the molecule is O=C1CC(CCl)CN1CCN1CCSCC1. The van der Waals surface area contributed by atoms with Crippen LogP contribution in [-0.2, 0) is 4.79 Å². The maximum absolute atomic E-state index is 11.7. The van der Waals surface area contributed by atoms with Gasteiger partial charge in [0.2, 0.25) is 5.91 Å². The molecule has 1 atom stereocenters. The number of hydrogen-bond donors (Lipinski definition) is 0. The number of rotatable bonds is 4. The Bertz CT molecular complexity index is 246. The van der Waals surface area contributed by atoms with Crippen molar-refractivity contribution in [3.05, 3.63) is 0 Å². The number of amides is 1. The molecule has 2 rings (SSSR count). The van der Waals surface area contributed by atoms with E-state index >= 15 is 0 Å². The van der Waals surface area contributed by atoms with E-state index in [2.05, 4.69) is 4.90 Å². The Hall–Kier alpha value is 0.0700. The molecule has 1 amide bonds. The molecule has 0 saturated carbocycles. The van der Waals surface area contributed by atoms with Gasteiger partial charge in [0, 0.05) is 56.5 Å². The molecule has 0 spiro atoms. The zero-order valence-corrected chi connectivity index (χ0v) is 11.1. The summed E-state index contributed by atoms with van der Waals surface area (Å²) >= 11 is 7.82. The summed E-state index contributed by atoms with van der Waals surface area (Å²) in [7, 11) is 0. The number of alkyl halides is 1. The van der Waals surface area contributed by atoms with Crippen molar-refractivity contribution >= 4 is 29.3 Å². The first kappa shape index (κ1) is 12.5. The number of halogens is 1. The van der Waals surface area contributed by atoms with Crippen molar-refractivity contribution in [2.45, 2.75) is 6.42 Å². The fraction of sp³-hybridized carbons (Fsp3) is 0.909. The van der Waals surface area contributed by atoms with Crippen LogP contribution in [0.1, 0.15) is 6.42 Å². The summed E-state index contributed by atoms with van der Waals surface area (Å²) in [6.07, 6.45) is 0.652. The topological polar surface area (TPSA) is 23.6 Å². The largest absolute Gasteiger partial charge is 0.341 e. The minimum Gasteiger partial charge on any atom is -0.341 e. The van der Waals surface area contributed by atoms with Gasteiger partial charge in [-0.2, -0.15) is 11.8 Å². The van der Waals surface area contributed by atoms with Gasteiger partial charge in [-0.1, -0.05) is 0 Å². The lowest BCUT2D eigenvalue weighted by atomic mass is 10.1. The van der Waals surface area contributed by atoms with Gasteiger partial charge >= 0.3 is 0 Å². The molecule has 2 aliphatic rings. The lowest BCUT2D eigenvalue weighted by Crippen LogP contribution is -2.39. The van der Waals surface area contributed by atoms with Crippen molar-refractivity contribution in [3.63, 3.8) is 0 Å². The van der Waals surface area contributed by atoms with Crippen LogP contribution >= 0.6 is 23.4 Å². The van der Waals surface area contributed by atoms with Crippen molar-refractivity contribution in [3.8, 4) is 0 Å². The third-order valence-corrected chi connectivity index (χ3v) is 4.68. The highest BCUT2D eigenvalue weighted by atomic mass is 35.5. The summed E-state index contributed by atoms with van der Waals surface area (Å²) in [5.41, 5.74) is 0. The Morgan fingerprint density at radius 2 is 2.06 bits per heavy atom. The Balaban J connectivity index is 1.71. The second-order valence-electron chi connectivity index (χ2n) is 4.52. The molecular weight excluding hydrogens is 244 g/mol. The molecule has 2 fully saturated rings. The Labute approximate surface area is 106 Å². The molecule has 2 heterocycles. The van der Waals surface area contributed by atoms with Crippen LogP contribution in [0.15, 0.2) is 0 Å².